The molecule has 0 aromatic rings. The van der Waals surface area contributed by atoms with Crippen molar-refractivity contribution in [1.82, 2.24) is 15.5 Å². The van der Waals surface area contributed by atoms with Crippen LogP contribution in [0.5, 0.6) is 0 Å². The normalized spacial score (nSPS) is 26.8. The van der Waals surface area contributed by atoms with Crippen LogP contribution in [0.15, 0.2) is 0 Å². The van der Waals surface area contributed by atoms with Crippen LogP contribution in [-0.4, -0.2) is 55.9 Å². The molecule has 0 spiro atoms. The molecule has 0 bridgehead atoms. The Morgan fingerprint density at radius 1 is 0.882 bits per heavy atom. The highest BCUT2D eigenvalue weighted by Gasteiger charge is 2.38. The van der Waals surface area contributed by atoms with Crippen molar-refractivity contribution in [2.45, 2.75) is 108 Å². The number of hydrogen-bond acceptors (Lipinski definition) is 4. The summed E-state index contributed by atoms with van der Waals surface area (Å²) in [4.78, 5) is 15.3. The Hall–Kier alpha value is -0.810. The summed E-state index contributed by atoms with van der Waals surface area (Å²) < 4.78 is 5.88. The quantitative estimate of drug-likeness (QED) is 0.444. The van der Waals surface area contributed by atoms with E-state index in [1.807, 2.05) is 25.7 Å². The average Bonchev–Trinajstić information content (AvgIpc) is 2.58. The van der Waals surface area contributed by atoms with Crippen LogP contribution in [-0.2, 0) is 4.74 Å². The molecule has 0 aromatic heterocycles. The fraction of sp³-hybridized carbons (Fsp3) is 0.966. The predicted octanol–water partition coefficient (Wildman–Crippen LogP) is 6.57. The summed E-state index contributed by atoms with van der Waals surface area (Å²) in [5, 5.41) is 7.54. The van der Waals surface area contributed by atoms with Gasteiger partial charge in [-0.05, 0) is 80.2 Å². The van der Waals surface area contributed by atoms with Gasteiger partial charge in [0.15, 0.2) is 0 Å². The first-order valence-electron chi connectivity index (χ1n) is 13.5. The molecule has 1 atom stereocenters. The molecular formula is C29H59N3O2. The maximum atomic E-state index is 13.3. The minimum Gasteiger partial charge on any atom is -0.444 e. The Balaban J connectivity index is 3.28. The third-order valence-corrected chi connectivity index (χ3v) is 7.18. The number of carbonyl (C=O) groups is 1. The molecule has 1 amide bonds. The van der Waals surface area contributed by atoms with E-state index in [1.54, 1.807) is 0 Å². The molecule has 0 radical (unpaired) electrons. The number of nitrogens with one attached hydrogen (secondary N) is 2. The summed E-state index contributed by atoms with van der Waals surface area (Å²) in [7, 11) is 0. The van der Waals surface area contributed by atoms with Crippen molar-refractivity contribution < 1.29 is 9.53 Å². The van der Waals surface area contributed by atoms with Gasteiger partial charge in [0.1, 0.15) is 5.60 Å². The molecule has 0 saturated carbocycles. The van der Waals surface area contributed by atoms with Gasteiger partial charge >= 0.3 is 6.09 Å². The molecule has 1 fully saturated rings. The Kier molecular flexibility index (Phi) is 10.6. The van der Waals surface area contributed by atoms with Gasteiger partial charge < -0.3 is 20.3 Å². The third-order valence-electron chi connectivity index (χ3n) is 7.18. The lowest BCUT2D eigenvalue weighted by molar-refractivity contribution is -0.000369. The Labute approximate surface area is 212 Å². The minimum absolute atomic E-state index is 0.00789. The van der Waals surface area contributed by atoms with E-state index in [0.29, 0.717) is 24.9 Å². The smallest absolute Gasteiger partial charge is 0.410 e. The van der Waals surface area contributed by atoms with Crippen molar-refractivity contribution in [2.24, 2.45) is 33.5 Å². The van der Waals surface area contributed by atoms with Gasteiger partial charge in [0.2, 0.25) is 0 Å². The monoisotopic (exact) mass is 481 g/mol. The van der Waals surface area contributed by atoms with E-state index < -0.39 is 5.60 Å². The van der Waals surface area contributed by atoms with Gasteiger partial charge in [0.25, 0.3) is 0 Å². The molecule has 5 nitrogen and oxygen atoms in total. The second-order valence-electron chi connectivity index (χ2n) is 15.4. The molecule has 5 heteroatoms. The van der Waals surface area contributed by atoms with Crippen LogP contribution in [0.1, 0.15) is 103 Å². The molecule has 1 rings (SSSR count). The van der Waals surface area contributed by atoms with Crippen molar-refractivity contribution in [2.75, 3.05) is 39.3 Å². The lowest BCUT2D eigenvalue weighted by atomic mass is 9.71. The molecule has 1 heterocycles. The number of ether oxygens (including phenoxy) is 1. The predicted molar refractivity (Wildman–Crippen MR) is 146 cm³/mol. The molecule has 202 valence electrons. The molecule has 1 saturated heterocycles. The van der Waals surface area contributed by atoms with Crippen LogP contribution in [0.2, 0.25) is 0 Å². The van der Waals surface area contributed by atoms with Crippen LogP contribution >= 0.6 is 0 Å². The van der Waals surface area contributed by atoms with Gasteiger partial charge in [-0.25, -0.2) is 4.79 Å². The second kappa shape index (κ2) is 11.5. The third kappa shape index (κ3) is 11.3. The van der Waals surface area contributed by atoms with Crippen molar-refractivity contribution >= 4 is 6.09 Å². The molecule has 0 aliphatic carbocycles. The number of amides is 1. The lowest BCUT2D eigenvalue weighted by Gasteiger charge is -2.44. The first kappa shape index (κ1) is 31.2. The number of carbonyl (C=O) groups excluding carboxylic acids is 1. The van der Waals surface area contributed by atoms with E-state index in [0.717, 1.165) is 32.6 Å². The maximum Gasteiger partial charge on any atom is 0.410 e. The maximum absolute atomic E-state index is 13.3. The number of hydrogen-bond donors (Lipinski definition) is 2. The van der Waals surface area contributed by atoms with E-state index >= 15 is 0 Å². The summed E-state index contributed by atoms with van der Waals surface area (Å²) in [5.74, 6) is 0.956. The molecule has 1 aliphatic rings. The largest absolute Gasteiger partial charge is 0.444 e. The van der Waals surface area contributed by atoms with E-state index in [4.69, 9.17) is 4.74 Å². The fourth-order valence-electron chi connectivity index (χ4n) is 5.97. The zero-order valence-corrected chi connectivity index (χ0v) is 25.1. The Morgan fingerprint density at radius 3 is 1.91 bits per heavy atom. The summed E-state index contributed by atoms with van der Waals surface area (Å²) in [6.45, 7) is 34.5. The first-order valence-corrected chi connectivity index (χ1v) is 13.5. The van der Waals surface area contributed by atoms with E-state index in [-0.39, 0.29) is 27.8 Å². The number of nitrogens with zero attached hydrogens (tertiary/aromatic N) is 1. The Bertz CT molecular complexity index is 644. The molecule has 0 aromatic carbocycles. The zero-order valence-electron chi connectivity index (χ0n) is 25.1. The summed E-state index contributed by atoms with van der Waals surface area (Å²) >= 11 is 0. The average molecular weight is 482 g/mol. The molecular weight excluding hydrogens is 422 g/mol. The van der Waals surface area contributed by atoms with Gasteiger partial charge in [0.05, 0.1) is 0 Å². The van der Waals surface area contributed by atoms with Gasteiger partial charge in [-0.2, -0.15) is 0 Å². The molecule has 1 unspecified atom stereocenters. The molecule has 1 aliphatic heterocycles. The molecule has 2 N–H and O–H groups in total. The van der Waals surface area contributed by atoms with E-state index in [2.05, 4.69) is 79.9 Å². The van der Waals surface area contributed by atoms with E-state index in [9.17, 15) is 4.79 Å². The zero-order chi connectivity index (χ0) is 26.6. The van der Waals surface area contributed by atoms with Crippen LogP contribution in [0.4, 0.5) is 4.79 Å². The van der Waals surface area contributed by atoms with Crippen LogP contribution in [0.3, 0.4) is 0 Å². The summed E-state index contributed by atoms with van der Waals surface area (Å²) in [5.41, 5.74) is -0.112. The van der Waals surface area contributed by atoms with Crippen LogP contribution < -0.4 is 10.6 Å². The van der Waals surface area contributed by atoms with E-state index in [1.165, 1.54) is 6.42 Å². The first-order chi connectivity index (χ1) is 15.1. The SMILES string of the molecule is CC(C)C1CNCC(C)(C)CC(C)(C)CNCCC(C)(C)CN(C(=O)OC(C)(C)C)CC1(C)C. The summed E-state index contributed by atoms with van der Waals surface area (Å²) in [6.07, 6.45) is 1.99. The van der Waals surface area contributed by atoms with Crippen molar-refractivity contribution in [3.05, 3.63) is 0 Å². The highest BCUT2D eigenvalue weighted by molar-refractivity contribution is 5.68. The minimum atomic E-state index is -0.502. The van der Waals surface area contributed by atoms with Gasteiger partial charge in [-0.1, -0.05) is 69.2 Å². The van der Waals surface area contributed by atoms with Crippen molar-refractivity contribution in [3.8, 4) is 0 Å². The second-order valence-corrected chi connectivity index (χ2v) is 15.4. The fourth-order valence-corrected chi connectivity index (χ4v) is 5.97. The number of rotatable bonds is 1. The summed E-state index contributed by atoms with van der Waals surface area (Å²) in [6, 6.07) is 0. The van der Waals surface area contributed by atoms with Crippen molar-refractivity contribution in [3.63, 3.8) is 0 Å². The molecule has 34 heavy (non-hydrogen) atoms. The van der Waals surface area contributed by atoms with Crippen LogP contribution in [0.25, 0.3) is 0 Å². The highest BCUT2D eigenvalue weighted by Crippen LogP contribution is 2.37. The van der Waals surface area contributed by atoms with Gasteiger partial charge in [0, 0.05) is 26.2 Å². The standard InChI is InChI=1S/C29H59N3O2/c1-22(2)23-16-31-19-28(10,11)17-27(8,9)18-30-15-14-26(6,7)20-32(21-29(23,12)13)24(33)34-25(3,4)5/h22-23,30-31H,14-21H2,1-13H3. The van der Waals surface area contributed by atoms with Crippen LogP contribution in [0, 0.1) is 33.5 Å². The topological polar surface area (TPSA) is 53.6 Å². The highest BCUT2D eigenvalue weighted by atomic mass is 16.6. The lowest BCUT2D eigenvalue weighted by Crippen LogP contribution is -2.51. The van der Waals surface area contributed by atoms with Gasteiger partial charge in [-0.15, -0.1) is 0 Å². The Morgan fingerprint density at radius 2 is 1.41 bits per heavy atom. The van der Waals surface area contributed by atoms with Gasteiger partial charge in [-0.3, -0.25) is 0 Å². The van der Waals surface area contributed by atoms with Crippen molar-refractivity contribution in [1.29, 1.82) is 0 Å².